The van der Waals surface area contributed by atoms with Crippen LogP contribution < -0.4 is 0 Å². The van der Waals surface area contributed by atoms with E-state index >= 15 is 0 Å². The van der Waals surface area contributed by atoms with E-state index in [1.54, 1.807) is 0 Å². The Morgan fingerprint density at radius 3 is 1.56 bits per heavy atom. The van der Waals surface area contributed by atoms with E-state index in [9.17, 15) is 9.59 Å². The summed E-state index contributed by atoms with van der Waals surface area (Å²) < 4.78 is 16.1. The zero-order chi connectivity index (χ0) is 19.1. The van der Waals surface area contributed by atoms with E-state index in [1.165, 1.54) is 66.1 Å². The second-order valence-electron chi connectivity index (χ2n) is 6.91. The number of methoxy groups -OCH3 is 2. The molecule has 4 nitrogen and oxygen atoms in total. The number of hydrogen-bond acceptors (Lipinski definition) is 4. The van der Waals surface area contributed by atoms with Gasteiger partial charge in [0.15, 0.2) is 0 Å². The summed E-state index contributed by atoms with van der Waals surface area (Å²) in [7, 11) is 2.63. The van der Waals surface area contributed by atoms with Gasteiger partial charge in [-0.2, -0.15) is 0 Å². The second kappa shape index (κ2) is 14.6. The third kappa shape index (κ3) is 9.66. The summed E-state index contributed by atoms with van der Waals surface area (Å²) in [5.74, 6) is -1.85. The first-order valence-electron chi connectivity index (χ1n) is 9.83. The second-order valence-corrected chi connectivity index (χ2v) is 19.9. The molecule has 0 atom stereocenters. The van der Waals surface area contributed by atoms with Gasteiger partial charge in [0, 0.05) is 0 Å². The maximum atomic E-state index is 11.8. The normalized spacial score (nSPS) is 11.9. The molecule has 146 valence electrons. The minimum atomic E-state index is -2.36. The van der Waals surface area contributed by atoms with Crippen molar-refractivity contribution < 1.29 is 19.1 Å². The van der Waals surface area contributed by atoms with Crippen LogP contribution in [-0.4, -0.2) is 44.5 Å². The predicted octanol–water partition coefficient (Wildman–Crippen LogP) is 5.28. The minimum absolute atomic E-state index is 0.391. The molecule has 0 fully saturated rings. The molecule has 0 spiro atoms. The number of unbranched alkanes of at least 4 members (excludes halogenated alkanes) is 3. The number of carbonyl (C=O) groups is 2. The number of allylic oxidation sites excluding steroid dienone is 1. The van der Waals surface area contributed by atoms with E-state index in [1.807, 2.05) is 0 Å². The number of hydrogen-bond donors (Lipinski definition) is 0. The molecule has 0 aliphatic rings. The molecular formula is C20H38O4Sn. The van der Waals surface area contributed by atoms with Crippen molar-refractivity contribution >= 4 is 30.3 Å². The molecule has 0 heterocycles. The predicted molar refractivity (Wildman–Crippen MR) is 106 cm³/mol. The van der Waals surface area contributed by atoms with Gasteiger partial charge in [-0.3, -0.25) is 0 Å². The Morgan fingerprint density at radius 2 is 1.24 bits per heavy atom. The van der Waals surface area contributed by atoms with Gasteiger partial charge in [0.05, 0.1) is 0 Å². The average Bonchev–Trinajstić information content (AvgIpc) is 2.64. The van der Waals surface area contributed by atoms with E-state index < -0.39 is 36.2 Å². The summed E-state index contributed by atoms with van der Waals surface area (Å²) in [6.45, 7) is 6.76. The molecule has 5 heteroatoms. The molecule has 25 heavy (non-hydrogen) atoms. The van der Waals surface area contributed by atoms with Crippen molar-refractivity contribution in [2.24, 2.45) is 5.92 Å². The van der Waals surface area contributed by atoms with E-state index in [0.717, 1.165) is 0 Å². The van der Waals surface area contributed by atoms with Gasteiger partial charge in [-0.25, -0.2) is 0 Å². The van der Waals surface area contributed by atoms with Gasteiger partial charge < -0.3 is 0 Å². The zero-order valence-corrected chi connectivity index (χ0v) is 19.8. The molecule has 0 aromatic rings. The Hall–Kier alpha value is -0.521. The molecule has 0 bridgehead atoms. The van der Waals surface area contributed by atoms with Crippen molar-refractivity contribution in [1.29, 1.82) is 0 Å². The summed E-state index contributed by atoms with van der Waals surface area (Å²) in [6, 6.07) is 0. The van der Waals surface area contributed by atoms with Crippen LogP contribution in [0.1, 0.15) is 65.7 Å². The number of ether oxygens (including phenoxy) is 2. The fraction of sp³-hybridized carbons (Fsp3) is 0.800. The molecule has 0 aromatic heterocycles. The van der Waals surface area contributed by atoms with Gasteiger partial charge in [0.25, 0.3) is 0 Å². The zero-order valence-electron chi connectivity index (χ0n) is 16.9. The van der Waals surface area contributed by atoms with Crippen LogP contribution in [0, 0.1) is 5.92 Å². The van der Waals surface area contributed by atoms with Crippen molar-refractivity contribution in [1.82, 2.24) is 0 Å². The molecule has 0 aliphatic carbocycles. The molecule has 0 N–H and O–H groups in total. The van der Waals surface area contributed by atoms with Crippen LogP contribution in [0.4, 0.5) is 0 Å². The third-order valence-electron chi connectivity index (χ3n) is 4.90. The molecule has 0 saturated heterocycles. The van der Waals surface area contributed by atoms with Crippen LogP contribution in [0.25, 0.3) is 0 Å². The molecule has 0 unspecified atom stereocenters. The van der Waals surface area contributed by atoms with Gasteiger partial charge in [-0.15, -0.1) is 0 Å². The number of carbonyl (C=O) groups excluding carboxylic acids is 2. The molecule has 0 aromatic carbocycles. The number of esters is 2. The first-order valence-corrected chi connectivity index (χ1v) is 17.5. The Labute approximate surface area is 158 Å². The fourth-order valence-corrected chi connectivity index (χ4v) is 17.7. The van der Waals surface area contributed by atoms with E-state index in [4.69, 9.17) is 9.47 Å². The molecule has 0 rings (SSSR count). The topological polar surface area (TPSA) is 52.6 Å². The first-order chi connectivity index (χ1) is 12.0. The third-order valence-corrected chi connectivity index (χ3v) is 19.1. The maximum absolute atomic E-state index is 11.8. The van der Waals surface area contributed by atoms with Crippen molar-refractivity contribution in [3.63, 3.8) is 0 Å². The fourth-order valence-electron chi connectivity index (χ4n) is 3.24. The quantitative estimate of drug-likeness (QED) is 0.201. The van der Waals surface area contributed by atoms with Gasteiger partial charge in [0.1, 0.15) is 0 Å². The first kappa shape index (κ1) is 24.5. The molecule has 0 aliphatic heterocycles. The summed E-state index contributed by atoms with van der Waals surface area (Å²) in [6.07, 6.45) is 10.1. The van der Waals surface area contributed by atoms with Crippen LogP contribution >= 0.6 is 0 Å². The SMILES string of the molecule is CCC[CH2][Sn](/[CH]=C/CC(C(=O)OC)C(=O)OC)([CH2]CCC)[CH2]CCC. The Bertz CT molecular complexity index is 369. The molecule has 0 radical (unpaired) electrons. The van der Waals surface area contributed by atoms with E-state index in [2.05, 4.69) is 30.9 Å². The number of rotatable bonds is 14. The summed E-state index contributed by atoms with van der Waals surface area (Å²) in [5.41, 5.74) is 0. The monoisotopic (exact) mass is 462 g/mol. The van der Waals surface area contributed by atoms with Gasteiger partial charge in [-0.1, -0.05) is 0 Å². The van der Waals surface area contributed by atoms with Crippen LogP contribution in [0.5, 0.6) is 0 Å². The van der Waals surface area contributed by atoms with Crippen LogP contribution in [0.3, 0.4) is 0 Å². The Morgan fingerprint density at radius 1 is 0.840 bits per heavy atom. The van der Waals surface area contributed by atoms with Crippen molar-refractivity contribution in [2.75, 3.05) is 14.2 Å². The van der Waals surface area contributed by atoms with E-state index in [0.29, 0.717) is 6.42 Å². The average molecular weight is 461 g/mol. The van der Waals surface area contributed by atoms with Gasteiger partial charge in [-0.05, 0) is 0 Å². The molecule has 0 amide bonds. The summed E-state index contributed by atoms with van der Waals surface area (Å²) >= 11 is -2.36. The van der Waals surface area contributed by atoms with Crippen molar-refractivity contribution in [3.8, 4) is 0 Å². The van der Waals surface area contributed by atoms with Gasteiger partial charge in [0.2, 0.25) is 0 Å². The molecule has 0 saturated carbocycles. The summed E-state index contributed by atoms with van der Waals surface area (Å²) in [4.78, 5) is 23.7. The van der Waals surface area contributed by atoms with Crippen molar-refractivity contribution in [3.05, 3.63) is 10.2 Å². The van der Waals surface area contributed by atoms with E-state index in [-0.39, 0.29) is 0 Å². The van der Waals surface area contributed by atoms with Crippen LogP contribution in [0.15, 0.2) is 10.2 Å². The Balaban J connectivity index is 5.22. The Kier molecular flexibility index (Phi) is 14.3. The van der Waals surface area contributed by atoms with Crippen LogP contribution in [-0.2, 0) is 19.1 Å². The summed E-state index contributed by atoms with van der Waals surface area (Å²) in [5, 5.41) is 0. The van der Waals surface area contributed by atoms with Crippen LogP contribution in [0.2, 0.25) is 13.3 Å². The van der Waals surface area contributed by atoms with Crippen molar-refractivity contribution in [2.45, 2.75) is 79.0 Å². The standard InChI is InChI=1S/C8H11O4.3C4H9.Sn/c1-4-5-6(7(9)11-2)8(10)12-3;3*1-3-4-2;/h1,4,6H,5H2,2-3H3;3*1,3-4H2,2H3;. The molecular weight excluding hydrogens is 423 g/mol. The van der Waals surface area contributed by atoms with Gasteiger partial charge >= 0.3 is 159 Å².